The zero-order chi connectivity index (χ0) is 16.1. The summed E-state index contributed by atoms with van der Waals surface area (Å²) >= 11 is 0. The van der Waals surface area contributed by atoms with E-state index < -0.39 is 0 Å². The topological polar surface area (TPSA) is 41.6 Å². The van der Waals surface area contributed by atoms with E-state index in [1.54, 1.807) is 7.11 Å². The van der Waals surface area contributed by atoms with Crippen LogP contribution in [0.4, 0.5) is 0 Å². The molecule has 0 atom stereocenters. The van der Waals surface area contributed by atoms with E-state index in [9.17, 15) is 4.79 Å². The SMILES string of the molecule is COc1ccccc1CC(=O)NC1CCN(C2CCCC2)CC1. The molecule has 1 saturated heterocycles. The number of ether oxygens (including phenoxy) is 1. The minimum Gasteiger partial charge on any atom is -0.496 e. The lowest BCUT2D eigenvalue weighted by Crippen LogP contribution is -2.47. The quantitative estimate of drug-likeness (QED) is 0.908. The maximum atomic E-state index is 12.3. The van der Waals surface area contributed by atoms with Crippen LogP contribution in [-0.2, 0) is 11.2 Å². The molecule has 0 aromatic heterocycles. The fourth-order valence-electron chi connectivity index (χ4n) is 3.98. The van der Waals surface area contributed by atoms with Crippen LogP contribution in [0.15, 0.2) is 24.3 Å². The number of amides is 1. The number of methoxy groups -OCH3 is 1. The normalized spacial score (nSPS) is 20.6. The lowest BCUT2D eigenvalue weighted by atomic mass is 10.0. The molecular weight excluding hydrogens is 288 g/mol. The van der Waals surface area contributed by atoms with Crippen molar-refractivity contribution in [3.05, 3.63) is 29.8 Å². The van der Waals surface area contributed by atoms with Gasteiger partial charge in [-0.15, -0.1) is 0 Å². The molecule has 3 rings (SSSR count). The molecule has 2 fully saturated rings. The van der Waals surface area contributed by atoms with Gasteiger partial charge in [0.1, 0.15) is 5.75 Å². The van der Waals surface area contributed by atoms with E-state index in [1.165, 1.54) is 25.7 Å². The smallest absolute Gasteiger partial charge is 0.224 e. The molecule has 4 heteroatoms. The summed E-state index contributed by atoms with van der Waals surface area (Å²) in [6, 6.07) is 8.88. The van der Waals surface area contributed by atoms with Gasteiger partial charge in [-0.05, 0) is 31.7 Å². The number of carbonyl (C=O) groups is 1. The van der Waals surface area contributed by atoms with Crippen molar-refractivity contribution >= 4 is 5.91 Å². The first-order valence-corrected chi connectivity index (χ1v) is 8.91. The number of nitrogens with zero attached hydrogens (tertiary/aromatic N) is 1. The number of likely N-dealkylation sites (tertiary alicyclic amines) is 1. The molecule has 0 spiro atoms. The van der Waals surface area contributed by atoms with E-state index in [0.29, 0.717) is 12.5 Å². The Morgan fingerprint density at radius 2 is 1.87 bits per heavy atom. The van der Waals surface area contributed by atoms with E-state index in [0.717, 1.165) is 43.3 Å². The second kappa shape index (κ2) is 7.82. The van der Waals surface area contributed by atoms with Gasteiger partial charge in [-0.3, -0.25) is 4.79 Å². The van der Waals surface area contributed by atoms with Crippen molar-refractivity contribution in [2.75, 3.05) is 20.2 Å². The van der Waals surface area contributed by atoms with Crippen molar-refractivity contribution in [1.29, 1.82) is 0 Å². The van der Waals surface area contributed by atoms with Crippen LogP contribution in [0.25, 0.3) is 0 Å². The average molecular weight is 316 g/mol. The predicted octanol–water partition coefficient (Wildman–Crippen LogP) is 2.76. The van der Waals surface area contributed by atoms with Crippen molar-refractivity contribution in [3.63, 3.8) is 0 Å². The molecule has 0 bridgehead atoms. The third-order valence-electron chi connectivity index (χ3n) is 5.28. The zero-order valence-corrected chi connectivity index (χ0v) is 14.1. The first-order chi connectivity index (χ1) is 11.3. The van der Waals surface area contributed by atoms with Crippen molar-refractivity contribution in [2.45, 2.75) is 57.0 Å². The summed E-state index contributed by atoms with van der Waals surface area (Å²) in [5.74, 6) is 0.896. The molecule has 1 aliphatic heterocycles. The molecule has 1 N–H and O–H groups in total. The predicted molar refractivity (Wildman–Crippen MR) is 91.7 cm³/mol. The fourth-order valence-corrected chi connectivity index (χ4v) is 3.98. The summed E-state index contributed by atoms with van der Waals surface area (Å²) in [6.45, 7) is 2.26. The van der Waals surface area contributed by atoms with Crippen LogP contribution in [-0.4, -0.2) is 43.1 Å². The summed E-state index contributed by atoms with van der Waals surface area (Å²) in [5.41, 5.74) is 0.955. The summed E-state index contributed by atoms with van der Waals surface area (Å²) in [6.07, 6.45) is 8.06. The molecule has 0 radical (unpaired) electrons. The molecule has 1 aromatic carbocycles. The monoisotopic (exact) mass is 316 g/mol. The van der Waals surface area contributed by atoms with Crippen LogP contribution < -0.4 is 10.1 Å². The van der Waals surface area contributed by atoms with Gasteiger partial charge < -0.3 is 15.0 Å². The van der Waals surface area contributed by atoms with Crippen molar-refractivity contribution < 1.29 is 9.53 Å². The molecule has 23 heavy (non-hydrogen) atoms. The Bertz CT molecular complexity index is 518. The van der Waals surface area contributed by atoms with Gasteiger partial charge in [-0.1, -0.05) is 31.0 Å². The van der Waals surface area contributed by atoms with Gasteiger partial charge in [-0.2, -0.15) is 0 Å². The highest BCUT2D eigenvalue weighted by molar-refractivity contribution is 5.79. The number of rotatable bonds is 5. The largest absolute Gasteiger partial charge is 0.496 e. The van der Waals surface area contributed by atoms with Gasteiger partial charge in [0.25, 0.3) is 0 Å². The van der Waals surface area contributed by atoms with Crippen LogP contribution in [0.5, 0.6) is 5.75 Å². The minimum atomic E-state index is 0.105. The number of piperidine rings is 1. The summed E-state index contributed by atoms with van der Waals surface area (Å²) in [5, 5.41) is 3.21. The van der Waals surface area contributed by atoms with Gasteiger partial charge in [0.15, 0.2) is 0 Å². The standard InChI is InChI=1S/C19H28N2O2/c1-23-18-9-5-2-6-15(18)14-19(22)20-16-10-12-21(13-11-16)17-7-3-4-8-17/h2,5-6,9,16-17H,3-4,7-8,10-14H2,1H3,(H,20,22). The Kier molecular flexibility index (Phi) is 5.55. The highest BCUT2D eigenvalue weighted by Crippen LogP contribution is 2.26. The van der Waals surface area contributed by atoms with E-state index in [2.05, 4.69) is 10.2 Å². The van der Waals surface area contributed by atoms with Gasteiger partial charge >= 0.3 is 0 Å². The number of hydrogen-bond donors (Lipinski definition) is 1. The second-order valence-electron chi connectivity index (χ2n) is 6.80. The molecule has 1 saturated carbocycles. The maximum Gasteiger partial charge on any atom is 0.224 e. The molecule has 126 valence electrons. The maximum absolute atomic E-state index is 12.3. The van der Waals surface area contributed by atoms with Crippen LogP contribution in [0.3, 0.4) is 0 Å². The van der Waals surface area contributed by atoms with Gasteiger partial charge in [0, 0.05) is 30.7 Å². The van der Waals surface area contributed by atoms with Crippen LogP contribution in [0.1, 0.15) is 44.1 Å². The number of para-hydroxylation sites is 1. The van der Waals surface area contributed by atoms with Crippen molar-refractivity contribution in [3.8, 4) is 5.75 Å². The molecule has 1 heterocycles. The molecular formula is C19H28N2O2. The Labute approximate surface area is 139 Å². The van der Waals surface area contributed by atoms with Gasteiger partial charge in [0.05, 0.1) is 13.5 Å². The van der Waals surface area contributed by atoms with Crippen LogP contribution in [0, 0.1) is 0 Å². The molecule has 1 amide bonds. The van der Waals surface area contributed by atoms with E-state index in [-0.39, 0.29) is 5.91 Å². The Hall–Kier alpha value is -1.55. The Morgan fingerprint density at radius 3 is 2.57 bits per heavy atom. The summed E-state index contributed by atoms with van der Waals surface area (Å²) in [4.78, 5) is 14.9. The number of nitrogens with one attached hydrogen (secondary N) is 1. The van der Waals surface area contributed by atoms with Crippen molar-refractivity contribution in [2.24, 2.45) is 0 Å². The van der Waals surface area contributed by atoms with Gasteiger partial charge in [0.2, 0.25) is 5.91 Å². The van der Waals surface area contributed by atoms with E-state index >= 15 is 0 Å². The second-order valence-corrected chi connectivity index (χ2v) is 6.80. The molecule has 2 aliphatic rings. The van der Waals surface area contributed by atoms with Gasteiger partial charge in [-0.25, -0.2) is 0 Å². The molecule has 4 nitrogen and oxygen atoms in total. The number of carbonyl (C=O) groups excluding carboxylic acids is 1. The van der Waals surface area contributed by atoms with E-state index in [1.807, 2.05) is 24.3 Å². The third-order valence-corrected chi connectivity index (χ3v) is 5.28. The van der Waals surface area contributed by atoms with Crippen LogP contribution >= 0.6 is 0 Å². The highest BCUT2D eigenvalue weighted by Gasteiger charge is 2.27. The summed E-state index contributed by atoms with van der Waals surface area (Å²) < 4.78 is 5.32. The number of hydrogen-bond acceptors (Lipinski definition) is 3. The fraction of sp³-hybridized carbons (Fsp3) is 0.632. The summed E-state index contributed by atoms with van der Waals surface area (Å²) in [7, 11) is 1.65. The first-order valence-electron chi connectivity index (χ1n) is 8.91. The molecule has 0 unspecified atom stereocenters. The first kappa shape index (κ1) is 16.3. The lowest BCUT2D eigenvalue weighted by molar-refractivity contribution is -0.121. The third kappa shape index (κ3) is 4.25. The molecule has 1 aliphatic carbocycles. The van der Waals surface area contributed by atoms with Crippen LogP contribution in [0.2, 0.25) is 0 Å². The minimum absolute atomic E-state index is 0.105. The lowest BCUT2D eigenvalue weighted by Gasteiger charge is -2.36. The Morgan fingerprint density at radius 1 is 1.17 bits per heavy atom. The van der Waals surface area contributed by atoms with Crippen molar-refractivity contribution in [1.82, 2.24) is 10.2 Å². The number of benzene rings is 1. The highest BCUT2D eigenvalue weighted by atomic mass is 16.5. The average Bonchev–Trinajstić information content (AvgIpc) is 3.10. The molecule has 1 aromatic rings. The van der Waals surface area contributed by atoms with E-state index in [4.69, 9.17) is 4.74 Å². The zero-order valence-electron chi connectivity index (χ0n) is 14.1. The Balaban J connectivity index is 1.45.